The van der Waals surface area contributed by atoms with Gasteiger partial charge in [0.2, 0.25) is 0 Å². The molecule has 0 saturated heterocycles. The topological polar surface area (TPSA) is 42.2 Å². The van der Waals surface area contributed by atoms with Gasteiger partial charge in [0.05, 0.1) is 5.02 Å². The highest BCUT2D eigenvalue weighted by Gasteiger charge is 2.09. The first-order chi connectivity index (χ1) is 9.78. The molecule has 0 saturated carbocycles. The third-order valence-corrected chi connectivity index (χ3v) is 4.32. The molecule has 4 nitrogen and oxygen atoms in total. The van der Waals surface area contributed by atoms with Crippen LogP contribution in [0.1, 0.15) is 5.56 Å². The van der Waals surface area contributed by atoms with Crippen molar-refractivity contribution in [1.29, 1.82) is 0 Å². The summed E-state index contributed by atoms with van der Waals surface area (Å²) in [7, 11) is 1.92. The zero-order chi connectivity index (χ0) is 13.9. The van der Waals surface area contributed by atoms with E-state index in [2.05, 4.69) is 21.6 Å². The minimum atomic E-state index is 0.732. The number of fused-ring (bicyclic) bond motifs is 1. The Bertz CT molecular complexity index is 741. The maximum Gasteiger partial charge on any atom is 0.200 e. The van der Waals surface area contributed by atoms with Crippen molar-refractivity contribution < 1.29 is 0 Å². The van der Waals surface area contributed by atoms with Crippen LogP contribution in [0.3, 0.4) is 0 Å². The number of hydrogen-bond donors (Lipinski definition) is 1. The summed E-state index contributed by atoms with van der Waals surface area (Å²) in [5.41, 5.74) is 1.99. The van der Waals surface area contributed by atoms with Gasteiger partial charge in [0.15, 0.2) is 10.8 Å². The van der Waals surface area contributed by atoms with Crippen LogP contribution in [0.15, 0.2) is 52.6 Å². The molecule has 0 aliphatic rings. The Morgan fingerprint density at radius 3 is 2.95 bits per heavy atom. The number of nitrogens with zero attached hydrogens (tertiary/aromatic N) is 3. The molecular weight excluding hydrogens is 292 g/mol. The number of nitrogens with one attached hydrogen (secondary N) is 1. The molecule has 0 amide bonds. The van der Waals surface area contributed by atoms with Crippen molar-refractivity contribution >= 4 is 29.0 Å². The van der Waals surface area contributed by atoms with E-state index in [1.165, 1.54) is 11.8 Å². The molecule has 6 heteroatoms. The number of aromatic nitrogens is 3. The quantitative estimate of drug-likeness (QED) is 0.803. The van der Waals surface area contributed by atoms with Crippen molar-refractivity contribution in [2.24, 2.45) is 0 Å². The van der Waals surface area contributed by atoms with Crippen molar-refractivity contribution in [2.75, 3.05) is 7.05 Å². The Morgan fingerprint density at radius 1 is 1.25 bits per heavy atom. The highest BCUT2D eigenvalue weighted by molar-refractivity contribution is 7.99. The average Bonchev–Trinajstić information content (AvgIpc) is 2.86. The number of halogens is 1. The molecule has 1 aromatic carbocycles. The van der Waals surface area contributed by atoms with Crippen LogP contribution >= 0.6 is 23.4 Å². The van der Waals surface area contributed by atoms with E-state index in [0.717, 1.165) is 32.8 Å². The molecule has 2 heterocycles. The standard InChI is InChI=1S/C14H13ClN4S/c1-16-9-10-5-6-12(11(15)8-10)20-14-18-17-13-4-2-3-7-19(13)14/h2-8,16H,9H2,1H3. The summed E-state index contributed by atoms with van der Waals surface area (Å²) in [6.45, 7) is 0.804. The van der Waals surface area contributed by atoms with Crippen LogP contribution in [0.5, 0.6) is 0 Å². The van der Waals surface area contributed by atoms with Gasteiger partial charge in [-0.2, -0.15) is 0 Å². The SMILES string of the molecule is CNCc1ccc(Sc2nnc3ccccn23)c(Cl)c1. The molecule has 102 valence electrons. The van der Waals surface area contributed by atoms with E-state index >= 15 is 0 Å². The van der Waals surface area contributed by atoms with Crippen molar-refractivity contribution in [1.82, 2.24) is 19.9 Å². The lowest BCUT2D eigenvalue weighted by molar-refractivity contribution is 0.817. The lowest BCUT2D eigenvalue weighted by atomic mass is 10.2. The molecule has 3 aromatic rings. The fraction of sp³-hybridized carbons (Fsp3) is 0.143. The number of pyridine rings is 1. The number of hydrogen-bond acceptors (Lipinski definition) is 4. The molecule has 0 atom stereocenters. The minimum Gasteiger partial charge on any atom is -0.316 e. The third-order valence-electron chi connectivity index (χ3n) is 2.86. The highest BCUT2D eigenvalue weighted by Crippen LogP contribution is 2.32. The normalized spacial score (nSPS) is 11.1. The van der Waals surface area contributed by atoms with Crippen molar-refractivity contribution in [3.63, 3.8) is 0 Å². The summed E-state index contributed by atoms with van der Waals surface area (Å²) in [4.78, 5) is 0.977. The molecule has 1 N–H and O–H groups in total. The molecular formula is C14H13ClN4S. The molecule has 0 aliphatic carbocycles. The molecule has 0 radical (unpaired) electrons. The van der Waals surface area contributed by atoms with E-state index in [0.29, 0.717) is 0 Å². The fourth-order valence-electron chi connectivity index (χ4n) is 1.93. The van der Waals surface area contributed by atoms with Crippen molar-refractivity contribution in [3.8, 4) is 0 Å². The largest absolute Gasteiger partial charge is 0.316 e. The summed E-state index contributed by atoms with van der Waals surface area (Å²) in [6.07, 6.45) is 1.95. The average molecular weight is 305 g/mol. The lowest BCUT2D eigenvalue weighted by Gasteiger charge is -2.05. The van der Waals surface area contributed by atoms with Gasteiger partial charge in [0, 0.05) is 17.6 Å². The molecule has 0 bridgehead atoms. The molecule has 0 unspecified atom stereocenters. The van der Waals surface area contributed by atoms with Gasteiger partial charge in [-0.3, -0.25) is 4.40 Å². The van der Waals surface area contributed by atoms with Gasteiger partial charge in [0.1, 0.15) is 0 Å². The Kier molecular flexibility index (Phi) is 3.91. The fourth-order valence-corrected chi connectivity index (χ4v) is 3.07. The smallest absolute Gasteiger partial charge is 0.200 e. The maximum atomic E-state index is 6.33. The Morgan fingerprint density at radius 2 is 2.15 bits per heavy atom. The monoisotopic (exact) mass is 304 g/mol. The first kappa shape index (κ1) is 13.4. The first-order valence-electron chi connectivity index (χ1n) is 6.18. The van der Waals surface area contributed by atoms with E-state index in [1.807, 2.05) is 48.0 Å². The van der Waals surface area contributed by atoms with E-state index in [4.69, 9.17) is 11.6 Å². The molecule has 0 fully saturated rings. The summed E-state index contributed by atoms with van der Waals surface area (Å²) in [5.74, 6) is 0. The van der Waals surface area contributed by atoms with Crippen molar-refractivity contribution in [3.05, 3.63) is 53.2 Å². The summed E-state index contributed by atoms with van der Waals surface area (Å²) < 4.78 is 1.95. The van der Waals surface area contributed by atoms with E-state index in [9.17, 15) is 0 Å². The lowest BCUT2D eigenvalue weighted by Crippen LogP contribution is -2.04. The van der Waals surface area contributed by atoms with Gasteiger partial charge in [0.25, 0.3) is 0 Å². The van der Waals surface area contributed by atoms with E-state index < -0.39 is 0 Å². The second-order valence-electron chi connectivity index (χ2n) is 4.31. The van der Waals surface area contributed by atoms with Crippen LogP contribution in [0.4, 0.5) is 0 Å². The van der Waals surface area contributed by atoms with Gasteiger partial charge in [-0.25, -0.2) is 0 Å². The molecule has 20 heavy (non-hydrogen) atoms. The molecule has 3 rings (SSSR count). The summed E-state index contributed by atoms with van der Waals surface area (Å²) >= 11 is 7.84. The Labute approximate surface area is 126 Å². The molecule has 0 spiro atoms. The summed E-state index contributed by atoms with van der Waals surface area (Å²) in [5, 5.41) is 13.0. The van der Waals surface area contributed by atoms with E-state index in [-0.39, 0.29) is 0 Å². The zero-order valence-corrected chi connectivity index (χ0v) is 12.4. The van der Waals surface area contributed by atoms with E-state index in [1.54, 1.807) is 0 Å². The first-order valence-corrected chi connectivity index (χ1v) is 7.38. The predicted octanol–water partition coefficient (Wildman–Crippen LogP) is 3.25. The van der Waals surface area contributed by atoms with Crippen LogP contribution in [-0.4, -0.2) is 21.6 Å². The van der Waals surface area contributed by atoms with Crippen LogP contribution in [0.2, 0.25) is 5.02 Å². The van der Waals surface area contributed by atoms with Gasteiger partial charge in [-0.1, -0.05) is 23.7 Å². The number of benzene rings is 1. The minimum absolute atomic E-state index is 0.732. The van der Waals surface area contributed by atoms with Gasteiger partial charge < -0.3 is 5.32 Å². The van der Waals surface area contributed by atoms with Crippen molar-refractivity contribution in [2.45, 2.75) is 16.6 Å². The third kappa shape index (κ3) is 2.65. The second-order valence-corrected chi connectivity index (χ2v) is 5.72. The van der Waals surface area contributed by atoms with Crippen LogP contribution in [0, 0.1) is 0 Å². The molecule has 2 aromatic heterocycles. The Hall–Kier alpha value is -1.56. The highest BCUT2D eigenvalue weighted by atomic mass is 35.5. The van der Waals surface area contributed by atoms with Gasteiger partial charge >= 0.3 is 0 Å². The summed E-state index contributed by atoms with van der Waals surface area (Å²) in [6, 6.07) is 11.9. The zero-order valence-electron chi connectivity index (χ0n) is 10.9. The van der Waals surface area contributed by atoms with Gasteiger partial charge in [-0.15, -0.1) is 10.2 Å². The van der Waals surface area contributed by atoms with Crippen LogP contribution in [0.25, 0.3) is 5.65 Å². The molecule has 0 aliphatic heterocycles. The predicted molar refractivity (Wildman–Crippen MR) is 81.3 cm³/mol. The van der Waals surface area contributed by atoms with Crippen LogP contribution in [-0.2, 0) is 6.54 Å². The van der Waals surface area contributed by atoms with Gasteiger partial charge in [-0.05, 0) is 48.6 Å². The van der Waals surface area contributed by atoms with Crippen LogP contribution < -0.4 is 5.32 Å². The maximum absolute atomic E-state index is 6.33. The second kappa shape index (κ2) is 5.83. The Balaban J connectivity index is 1.91. The number of rotatable bonds is 4.